The van der Waals surface area contributed by atoms with E-state index in [1.807, 2.05) is 36.9 Å². The predicted octanol–water partition coefficient (Wildman–Crippen LogP) is 5.18. The molecular weight excluding hydrogens is 462 g/mol. The molecule has 1 unspecified atom stereocenters. The Bertz CT molecular complexity index is 1230. The van der Waals surface area contributed by atoms with Crippen molar-refractivity contribution in [1.29, 1.82) is 0 Å². The maximum Gasteiger partial charge on any atom is 0.258 e. The number of nitrogens with one attached hydrogen (secondary N) is 1. The quantitative estimate of drug-likeness (QED) is 0.472. The van der Waals surface area contributed by atoms with Crippen molar-refractivity contribution in [1.82, 2.24) is 10.2 Å². The fourth-order valence-electron chi connectivity index (χ4n) is 4.46. The summed E-state index contributed by atoms with van der Waals surface area (Å²) < 4.78 is 33.0. The second-order valence-corrected chi connectivity index (χ2v) is 9.45. The lowest BCUT2D eigenvalue weighted by Gasteiger charge is -2.38. The molecule has 3 aromatic rings. The van der Waals surface area contributed by atoms with Crippen LogP contribution in [0.4, 0.5) is 8.78 Å². The minimum Gasteiger partial charge on any atom is -0.484 e. The molecule has 0 aromatic heterocycles. The molecule has 0 spiro atoms. The average molecular weight is 493 g/mol. The Morgan fingerprint density at radius 2 is 1.81 bits per heavy atom. The lowest BCUT2D eigenvalue weighted by Crippen LogP contribution is -2.41. The van der Waals surface area contributed by atoms with Gasteiger partial charge in [-0.2, -0.15) is 0 Å². The van der Waals surface area contributed by atoms with Crippen LogP contribution in [0, 0.1) is 17.6 Å². The monoisotopic (exact) mass is 492 g/mol. The van der Waals surface area contributed by atoms with E-state index < -0.39 is 6.04 Å². The molecule has 4 rings (SSSR count). The van der Waals surface area contributed by atoms with Crippen LogP contribution in [0.3, 0.4) is 0 Å². The zero-order valence-electron chi connectivity index (χ0n) is 20.5. The van der Waals surface area contributed by atoms with Gasteiger partial charge >= 0.3 is 0 Å². The lowest BCUT2D eigenvalue weighted by atomic mass is 9.87. The molecule has 5 nitrogen and oxygen atoms in total. The third kappa shape index (κ3) is 6.27. The fraction of sp³-hybridized carbons (Fsp3) is 0.310. The first-order valence-corrected chi connectivity index (χ1v) is 12.1. The molecule has 188 valence electrons. The Balaban J connectivity index is 1.51. The van der Waals surface area contributed by atoms with E-state index in [-0.39, 0.29) is 42.5 Å². The molecule has 0 saturated carbocycles. The Morgan fingerprint density at radius 3 is 2.53 bits per heavy atom. The number of benzene rings is 3. The number of amides is 2. The van der Waals surface area contributed by atoms with Crippen molar-refractivity contribution in [3.05, 3.63) is 101 Å². The van der Waals surface area contributed by atoms with Crippen LogP contribution in [0.1, 0.15) is 48.6 Å². The van der Waals surface area contributed by atoms with Crippen LogP contribution >= 0.6 is 0 Å². The maximum absolute atomic E-state index is 14.1. The lowest BCUT2D eigenvalue weighted by molar-refractivity contribution is -0.134. The Hall–Kier alpha value is -3.74. The van der Waals surface area contributed by atoms with E-state index >= 15 is 0 Å². The van der Waals surface area contributed by atoms with Crippen LogP contribution < -0.4 is 10.1 Å². The molecule has 1 aliphatic heterocycles. The van der Waals surface area contributed by atoms with Crippen LogP contribution in [0.2, 0.25) is 0 Å². The van der Waals surface area contributed by atoms with Gasteiger partial charge < -0.3 is 15.0 Å². The molecule has 1 N–H and O–H groups in total. The van der Waals surface area contributed by atoms with Gasteiger partial charge in [-0.15, -0.1) is 0 Å². The number of hydrogen-bond acceptors (Lipinski definition) is 3. The number of halogens is 2. The Labute approximate surface area is 210 Å². The second kappa shape index (κ2) is 11.3. The van der Waals surface area contributed by atoms with E-state index in [0.29, 0.717) is 30.7 Å². The second-order valence-electron chi connectivity index (χ2n) is 9.45. The van der Waals surface area contributed by atoms with Gasteiger partial charge in [-0.1, -0.05) is 44.2 Å². The Kier molecular flexibility index (Phi) is 7.98. The molecule has 1 aliphatic rings. The number of rotatable bonds is 8. The summed E-state index contributed by atoms with van der Waals surface area (Å²) in [6, 6.07) is 17.4. The zero-order chi connectivity index (χ0) is 25.7. The topological polar surface area (TPSA) is 58.6 Å². The van der Waals surface area contributed by atoms with Gasteiger partial charge in [-0.3, -0.25) is 9.59 Å². The van der Waals surface area contributed by atoms with Gasteiger partial charge in [0, 0.05) is 19.5 Å². The van der Waals surface area contributed by atoms with Crippen LogP contribution in [-0.4, -0.2) is 29.9 Å². The van der Waals surface area contributed by atoms with Crippen LogP contribution in [0.25, 0.3) is 0 Å². The van der Waals surface area contributed by atoms with Crippen molar-refractivity contribution in [2.24, 2.45) is 5.92 Å². The fourth-order valence-corrected chi connectivity index (χ4v) is 4.46. The SMILES string of the molecule is CC(C)CC(=O)N1CCc2ccc(OCC(=O)NCc3ccc(F)cc3)cc2C1c1cccc(F)c1. The highest BCUT2D eigenvalue weighted by Crippen LogP contribution is 2.38. The van der Waals surface area contributed by atoms with E-state index in [4.69, 9.17) is 4.74 Å². The molecule has 3 aromatic carbocycles. The standard InChI is InChI=1S/C29H30F2N2O3/c1-19(2)14-28(35)33-13-12-21-8-11-25(16-26(21)29(33)22-4-3-5-24(31)15-22)36-18-27(34)32-17-20-6-9-23(30)10-7-20/h3-11,15-16,19,29H,12-14,17-18H2,1-2H3,(H,32,34). The van der Waals surface area contributed by atoms with E-state index in [2.05, 4.69) is 5.32 Å². The van der Waals surface area contributed by atoms with E-state index in [1.54, 1.807) is 24.3 Å². The van der Waals surface area contributed by atoms with Gasteiger partial charge in [0.15, 0.2) is 6.61 Å². The summed E-state index contributed by atoms with van der Waals surface area (Å²) in [6.07, 6.45) is 1.09. The number of carbonyl (C=O) groups is 2. The average Bonchev–Trinajstić information content (AvgIpc) is 2.85. The van der Waals surface area contributed by atoms with Gasteiger partial charge in [-0.05, 0) is 71.0 Å². The molecular formula is C29H30F2N2O3. The maximum atomic E-state index is 14.1. The van der Waals surface area contributed by atoms with Crippen molar-refractivity contribution in [2.45, 2.75) is 39.3 Å². The molecule has 1 heterocycles. The molecule has 0 aliphatic carbocycles. The van der Waals surface area contributed by atoms with Gasteiger partial charge in [0.2, 0.25) is 5.91 Å². The summed E-state index contributed by atoms with van der Waals surface area (Å²) >= 11 is 0. The van der Waals surface area contributed by atoms with Crippen molar-refractivity contribution < 1.29 is 23.1 Å². The third-order valence-corrected chi connectivity index (χ3v) is 6.19. The molecule has 1 atom stereocenters. The zero-order valence-corrected chi connectivity index (χ0v) is 20.5. The number of ether oxygens (including phenoxy) is 1. The highest BCUT2D eigenvalue weighted by molar-refractivity contribution is 5.78. The first-order chi connectivity index (χ1) is 17.3. The van der Waals surface area contributed by atoms with Crippen molar-refractivity contribution in [2.75, 3.05) is 13.2 Å². The number of nitrogens with zero attached hydrogens (tertiary/aromatic N) is 1. The van der Waals surface area contributed by atoms with Crippen LogP contribution in [0.5, 0.6) is 5.75 Å². The molecule has 2 amide bonds. The minimum atomic E-state index is -0.438. The minimum absolute atomic E-state index is 0.0244. The Morgan fingerprint density at radius 1 is 1.03 bits per heavy atom. The summed E-state index contributed by atoms with van der Waals surface area (Å²) in [5.41, 5.74) is 3.41. The van der Waals surface area contributed by atoms with Crippen LogP contribution in [0.15, 0.2) is 66.7 Å². The number of fused-ring (bicyclic) bond motifs is 1. The van der Waals surface area contributed by atoms with E-state index in [1.165, 1.54) is 24.3 Å². The molecule has 0 radical (unpaired) electrons. The summed E-state index contributed by atoms with van der Waals surface area (Å²) in [7, 11) is 0. The molecule has 0 bridgehead atoms. The van der Waals surface area contributed by atoms with Crippen molar-refractivity contribution in [3.63, 3.8) is 0 Å². The van der Waals surface area contributed by atoms with Gasteiger partial charge in [0.05, 0.1) is 6.04 Å². The van der Waals surface area contributed by atoms with Gasteiger partial charge in [-0.25, -0.2) is 8.78 Å². The first kappa shape index (κ1) is 25.4. The summed E-state index contributed by atoms with van der Waals surface area (Å²) in [4.78, 5) is 27.2. The third-order valence-electron chi connectivity index (χ3n) is 6.19. The first-order valence-electron chi connectivity index (χ1n) is 12.1. The molecule has 36 heavy (non-hydrogen) atoms. The highest BCUT2D eigenvalue weighted by atomic mass is 19.1. The smallest absolute Gasteiger partial charge is 0.258 e. The highest BCUT2D eigenvalue weighted by Gasteiger charge is 2.32. The normalized spacial score (nSPS) is 14.9. The van der Waals surface area contributed by atoms with Gasteiger partial charge in [0.25, 0.3) is 5.91 Å². The van der Waals surface area contributed by atoms with E-state index in [9.17, 15) is 18.4 Å². The van der Waals surface area contributed by atoms with Crippen molar-refractivity contribution >= 4 is 11.8 Å². The molecule has 7 heteroatoms. The summed E-state index contributed by atoms with van der Waals surface area (Å²) in [6.45, 7) is 4.62. The largest absolute Gasteiger partial charge is 0.484 e. The summed E-state index contributed by atoms with van der Waals surface area (Å²) in [5, 5.41) is 2.75. The van der Waals surface area contributed by atoms with Crippen molar-refractivity contribution in [3.8, 4) is 5.75 Å². The molecule has 0 fully saturated rings. The van der Waals surface area contributed by atoms with E-state index in [0.717, 1.165) is 16.7 Å². The molecule has 0 saturated heterocycles. The van der Waals surface area contributed by atoms with Gasteiger partial charge in [0.1, 0.15) is 17.4 Å². The van der Waals surface area contributed by atoms with Crippen LogP contribution in [-0.2, 0) is 22.6 Å². The predicted molar refractivity (Wildman–Crippen MR) is 133 cm³/mol. The number of carbonyl (C=O) groups excluding carboxylic acids is 2. The number of hydrogen-bond donors (Lipinski definition) is 1. The summed E-state index contributed by atoms with van der Waals surface area (Å²) in [5.74, 6) is -0.285.